The molecule has 8 heteroatoms. The number of hydrogen-bond donors (Lipinski definition) is 1. The second-order valence-electron chi connectivity index (χ2n) is 14.1. The molecular weight excluding hydrogens is 562 g/mol. The van der Waals surface area contributed by atoms with Crippen molar-refractivity contribution in [3.05, 3.63) is 76.1 Å². The molecule has 0 radical (unpaired) electrons. The summed E-state index contributed by atoms with van der Waals surface area (Å²) >= 11 is 0. The Morgan fingerprint density at radius 1 is 1.09 bits per heavy atom. The maximum Gasteiger partial charge on any atom is 0.337 e. The molecule has 236 valence electrons. The number of rotatable bonds is 7. The van der Waals surface area contributed by atoms with Crippen molar-refractivity contribution in [3.8, 4) is 16.9 Å². The van der Waals surface area contributed by atoms with E-state index < -0.39 is 29.3 Å². The largest absolute Gasteiger partial charge is 0.490 e. The third-order valence-electron chi connectivity index (χ3n) is 8.80. The number of carboxylic acid groups (broad SMARTS) is 1. The first kappa shape index (κ1) is 31.9. The third-order valence-corrected chi connectivity index (χ3v) is 8.80. The van der Waals surface area contributed by atoms with E-state index in [4.69, 9.17) is 14.5 Å². The highest BCUT2D eigenvalue weighted by Crippen LogP contribution is 2.46. The van der Waals surface area contributed by atoms with E-state index in [-0.39, 0.29) is 11.5 Å². The first-order chi connectivity index (χ1) is 20.6. The second kappa shape index (κ2) is 12.1. The summed E-state index contributed by atoms with van der Waals surface area (Å²) < 4.78 is 39.7. The molecule has 0 amide bonds. The van der Waals surface area contributed by atoms with Crippen molar-refractivity contribution in [2.45, 2.75) is 98.4 Å². The Morgan fingerprint density at radius 2 is 1.80 bits per heavy atom. The lowest BCUT2D eigenvalue weighted by molar-refractivity contribution is -0.160. The van der Waals surface area contributed by atoms with Crippen LogP contribution >= 0.6 is 0 Å². The second-order valence-corrected chi connectivity index (χ2v) is 14.1. The number of aromatic nitrogens is 1. The topological polar surface area (TPSA) is 71.9 Å². The standard InChI is InChI=1S/C36H44F2N2O4/c1-21-30(25-10-13-29-24(20-25)9-11-26(43-29)18-23-8-12-27(37)28(38)19-23)32(40-16-14-36(6,7)15-17-40)31(22(2)39-21)33(34(41)42)44-35(3,4)5/h8,10,12-13,19-20,26,33H,9,11,14-18H2,1-7H3,(H,41,42)/t26?,33-/m0/s1. The smallest absolute Gasteiger partial charge is 0.337 e. The Labute approximate surface area is 259 Å². The van der Waals surface area contributed by atoms with E-state index in [2.05, 4.69) is 24.8 Å². The summed E-state index contributed by atoms with van der Waals surface area (Å²) in [7, 11) is 0. The van der Waals surface area contributed by atoms with Gasteiger partial charge in [-0.3, -0.25) is 4.98 Å². The molecule has 3 aromatic rings. The van der Waals surface area contributed by atoms with Crippen LogP contribution in [0.3, 0.4) is 0 Å². The number of benzene rings is 2. The van der Waals surface area contributed by atoms with Crippen molar-refractivity contribution in [3.63, 3.8) is 0 Å². The Bertz CT molecular complexity index is 1550. The minimum absolute atomic E-state index is 0.147. The third kappa shape index (κ3) is 6.90. The quantitative estimate of drug-likeness (QED) is 0.293. The van der Waals surface area contributed by atoms with Crippen molar-refractivity contribution in [1.29, 1.82) is 0 Å². The number of fused-ring (bicyclic) bond motifs is 1. The monoisotopic (exact) mass is 606 g/mol. The lowest BCUT2D eigenvalue weighted by atomic mass is 9.81. The van der Waals surface area contributed by atoms with Crippen molar-refractivity contribution in [2.24, 2.45) is 5.41 Å². The van der Waals surface area contributed by atoms with Crippen molar-refractivity contribution in [2.75, 3.05) is 18.0 Å². The molecule has 44 heavy (non-hydrogen) atoms. The lowest BCUT2D eigenvalue weighted by Crippen LogP contribution is -2.39. The number of nitrogens with zero attached hydrogens (tertiary/aromatic N) is 2. The molecule has 0 bridgehead atoms. The number of carbonyl (C=O) groups is 1. The van der Waals surface area contributed by atoms with Crippen LogP contribution in [-0.4, -0.2) is 40.9 Å². The van der Waals surface area contributed by atoms with Crippen molar-refractivity contribution in [1.82, 2.24) is 4.98 Å². The van der Waals surface area contributed by atoms with Crippen LogP contribution in [0.25, 0.3) is 11.1 Å². The molecule has 1 N–H and O–H groups in total. The average Bonchev–Trinajstić information content (AvgIpc) is 2.93. The van der Waals surface area contributed by atoms with Crippen LogP contribution in [0.2, 0.25) is 0 Å². The highest BCUT2D eigenvalue weighted by Gasteiger charge is 2.36. The zero-order valence-corrected chi connectivity index (χ0v) is 26.9. The Balaban J connectivity index is 1.56. The molecule has 6 nitrogen and oxygen atoms in total. The maximum absolute atomic E-state index is 13.8. The number of halogens is 2. The summed E-state index contributed by atoms with van der Waals surface area (Å²) in [5, 5.41) is 10.4. The van der Waals surface area contributed by atoms with Gasteiger partial charge in [-0.1, -0.05) is 26.0 Å². The van der Waals surface area contributed by atoms with E-state index in [1.807, 2.05) is 46.8 Å². The number of aryl methyl sites for hydroxylation is 3. The summed E-state index contributed by atoms with van der Waals surface area (Å²) in [6.07, 6.45) is 2.64. The fourth-order valence-corrected chi connectivity index (χ4v) is 6.43. The zero-order valence-electron chi connectivity index (χ0n) is 26.9. The molecule has 0 saturated carbocycles. The summed E-state index contributed by atoms with van der Waals surface area (Å²) in [5.74, 6) is -1.97. The van der Waals surface area contributed by atoms with Crippen LogP contribution in [0.15, 0.2) is 36.4 Å². The van der Waals surface area contributed by atoms with E-state index in [0.29, 0.717) is 23.2 Å². The highest BCUT2D eigenvalue weighted by molar-refractivity contribution is 5.88. The van der Waals surface area contributed by atoms with Gasteiger partial charge in [0.25, 0.3) is 0 Å². The Hall–Kier alpha value is -3.52. The van der Waals surface area contributed by atoms with Gasteiger partial charge in [0.15, 0.2) is 17.7 Å². The van der Waals surface area contributed by atoms with Gasteiger partial charge in [0, 0.05) is 42.0 Å². The maximum atomic E-state index is 13.8. The number of carboxylic acids is 1. The van der Waals surface area contributed by atoms with Crippen molar-refractivity contribution >= 4 is 11.7 Å². The van der Waals surface area contributed by atoms with Gasteiger partial charge in [0.2, 0.25) is 0 Å². The van der Waals surface area contributed by atoms with Crippen LogP contribution in [-0.2, 0) is 22.4 Å². The molecular formula is C36H44F2N2O4. The van der Waals surface area contributed by atoms with Crippen LogP contribution in [0.4, 0.5) is 14.5 Å². The van der Waals surface area contributed by atoms with Gasteiger partial charge in [-0.15, -0.1) is 0 Å². The van der Waals surface area contributed by atoms with Gasteiger partial charge < -0.3 is 19.5 Å². The number of aliphatic carboxylic acids is 1. The molecule has 1 unspecified atom stereocenters. The van der Waals surface area contributed by atoms with Crippen LogP contribution in [0.5, 0.6) is 5.75 Å². The minimum Gasteiger partial charge on any atom is -0.490 e. The number of pyridine rings is 1. The molecule has 2 aliphatic rings. The van der Waals surface area contributed by atoms with Gasteiger partial charge >= 0.3 is 5.97 Å². The van der Waals surface area contributed by atoms with Crippen LogP contribution < -0.4 is 9.64 Å². The summed E-state index contributed by atoms with van der Waals surface area (Å²) in [5.41, 5.74) is 6.13. The summed E-state index contributed by atoms with van der Waals surface area (Å²) in [6, 6.07) is 10.1. The Kier molecular flexibility index (Phi) is 8.78. The van der Waals surface area contributed by atoms with Gasteiger partial charge in [0.1, 0.15) is 11.9 Å². The predicted octanol–water partition coefficient (Wildman–Crippen LogP) is 8.15. The zero-order chi connectivity index (χ0) is 32.0. The normalized spacial score (nSPS) is 18.8. The first-order valence-corrected chi connectivity index (χ1v) is 15.5. The molecule has 1 saturated heterocycles. The average molecular weight is 607 g/mol. The van der Waals surface area contributed by atoms with E-state index in [1.165, 1.54) is 6.07 Å². The molecule has 2 aliphatic heterocycles. The van der Waals surface area contributed by atoms with E-state index in [0.717, 1.165) is 78.7 Å². The van der Waals surface area contributed by atoms with Gasteiger partial charge in [-0.25, -0.2) is 13.6 Å². The molecule has 0 spiro atoms. The number of hydrogen-bond acceptors (Lipinski definition) is 5. The highest BCUT2D eigenvalue weighted by atomic mass is 19.2. The fourth-order valence-electron chi connectivity index (χ4n) is 6.43. The molecule has 1 fully saturated rings. The molecule has 1 aromatic heterocycles. The lowest BCUT2D eigenvalue weighted by Gasteiger charge is -2.41. The van der Waals surface area contributed by atoms with E-state index in [1.54, 1.807) is 6.07 Å². The Morgan fingerprint density at radius 3 is 2.43 bits per heavy atom. The van der Waals surface area contributed by atoms with Crippen LogP contribution in [0, 0.1) is 30.9 Å². The minimum atomic E-state index is -1.18. The SMILES string of the molecule is Cc1nc(C)c([C@H](OC(C)(C)C)C(=O)O)c(N2CCC(C)(C)CC2)c1-c1ccc2c(c1)CCC(Cc1ccc(F)c(F)c1)O2. The fraction of sp³-hybridized carbons (Fsp3) is 0.500. The van der Waals surface area contributed by atoms with Gasteiger partial charge in [-0.2, -0.15) is 0 Å². The molecule has 5 rings (SSSR count). The van der Waals surface area contributed by atoms with E-state index >= 15 is 0 Å². The van der Waals surface area contributed by atoms with Crippen LogP contribution in [0.1, 0.15) is 88.1 Å². The van der Waals surface area contributed by atoms with E-state index in [9.17, 15) is 18.7 Å². The first-order valence-electron chi connectivity index (χ1n) is 15.5. The van der Waals surface area contributed by atoms with Gasteiger partial charge in [-0.05, 0) is 107 Å². The molecule has 2 atom stereocenters. The summed E-state index contributed by atoms with van der Waals surface area (Å²) in [4.78, 5) is 20.0. The molecule has 0 aliphatic carbocycles. The molecule has 3 heterocycles. The summed E-state index contributed by atoms with van der Waals surface area (Å²) in [6.45, 7) is 15.6. The number of ether oxygens (including phenoxy) is 2. The van der Waals surface area contributed by atoms with Crippen molar-refractivity contribution < 1.29 is 28.2 Å². The van der Waals surface area contributed by atoms with Gasteiger partial charge in [0.05, 0.1) is 11.3 Å². The molecule has 2 aromatic carbocycles. The number of piperidine rings is 1. The predicted molar refractivity (Wildman–Crippen MR) is 168 cm³/mol. The number of anilines is 1.